The molecule has 1 aromatic heterocycles. The number of rotatable bonds is 7. The molecule has 0 saturated heterocycles. The van der Waals surface area contributed by atoms with Crippen molar-refractivity contribution in [2.45, 2.75) is 46.1 Å². The highest BCUT2D eigenvalue weighted by molar-refractivity contribution is 6.35. The zero-order chi connectivity index (χ0) is 26.4. The Morgan fingerprint density at radius 2 is 2.05 bits per heavy atom. The highest BCUT2D eigenvalue weighted by Crippen LogP contribution is 2.36. The number of oxazole rings is 1. The number of aromatic nitrogens is 1. The van der Waals surface area contributed by atoms with Crippen molar-refractivity contribution in [3.05, 3.63) is 69.3 Å². The summed E-state index contributed by atoms with van der Waals surface area (Å²) >= 11 is 12.7. The largest absolute Gasteiger partial charge is 0.423 e. The Hall–Kier alpha value is -3.69. The van der Waals surface area contributed by atoms with Crippen molar-refractivity contribution in [3.63, 3.8) is 0 Å². The molecule has 3 N–H and O–H groups in total. The van der Waals surface area contributed by atoms with Crippen molar-refractivity contribution in [1.82, 2.24) is 15.6 Å². The Morgan fingerprint density at radius 3 is 2.81 bits per heavy atom. The van der Waals surface area contributed by atoms with E-state index in [1.807, 2.05) is 24.3 Å². The first-order valence-electron chi connectivity index (χ1n) is 11.9. The van der Waals surface area contributed by atoms with E-state index in [9.17, 15) is 4.79 Å². The van der Waals surface area contributed by atoms with Crippen LogP contribution in [0.1, 0.15) is 51.6 Å². The number of fused-ring (bicyclic) bond motifs is 1. The quantitative estimate of drug-likeness (QED) is 0.142. The van der Waals surface area contributed by atoms with Gasteiger partial charge in [0.05, 0.1) is 5.57 Å². The number of nitrogens with one attached hydrogen (secondary N) is 3. The maximum absolute atomic E-state index is 13.4. The molecular formula is C26H27Cl2N7O2. The summed E-state index contributed by atoms with van der Waals surface area (Å²) in [5.74, 6) is 0.330. The number of allylic oxidation sites excluding steroid dienone is 1. The molecule has 0 spiro atoms. The number of benzene rings is 2. The average molecular weight is 540 g/mol. The van der Waals surface area contributed by atoms with Gasteiger partial charge in [0.1, 0.15) is 17.4 Å². The molecule has 0 fully saturated rings. The van der Waals surface area contributed by atoms with Crippen LogP contribution in [0.15, 0.2) is 73.3 Å². The van der Waals surface area contributed by atoms with Gasteiger partial charge in [-0.2, -0.15) is 10.1 Å². The molecule has 0 bridgehead atoms. The van der Waals surface area contributed by atoms with Crippen LogP contribution in [0.5, 0.6) is 0 Å². The van der Waals surface area contributed by atoms with Crippen LogP contribution in [-0.2, 0) is 4.79 Å². The van der Waals surface area contributed by atoms with E-state index >= 15 is 0 Å². The Kier molecular flexibility index (Phi) is 8.58. The van der Waals surface area contributed by atoms with Gasteiger partial charge in [-0.15, -0.1) is 5.10 Å². The van der Waals surface area contributed by atoms with E-state index in [0.29, 0.717) is 49.8 Å². The first-order chi connectivity index (χ1) is 17.9. The molecular weight excluding hydrogens is 513 g/mol. The third-order valence-corrected chi connectivity index (χ3v) is 6.10. The summed E-state index contributed by atoms with van der Waals surface area (Å²) in [6.07, 6.45) is 4.67. The molecule has 1 unspecified atom stereocenters. The number of carbonyl (C=O) groups excluding carboxylic acids is 1. The number of para-hydroxylation sites is 2. The van der Waals surface area contributed by atoms with Crippen molar-refractivity contribution in [2.24, 2.45) is 15.2 Å². The number of carbonyl (C=O) groups is 1. The van der Waals surface area contributed by atoms with Crippen molar-refractivity contribution in [2.75, 3.05) is 5.32 Å². The van der Waals surface area contributed by atoms with Crippen molar-refractivity contribution in [1.29, 1.82) is 0 Å². The number of hydrogen-bond acceptors (Lipinski definition) is 8. The Balaban J connectivity index is 1.62. The maximum atomic E-state index is 13.4. The van der Waals surface area contributed by atoms with E-state index in [0.717, 1.165) is 19.3 Å². The summed E-state index contributed by atoms with van der Waals surface area (Å²) < 4.78 is 5.76. The van der Waals surface area contributed by atoms with Crippen molar-refractivity contribution >= 4 is 64.2 Å². The molecule has 2 aromatic carbocycles. The molecule has 1 atom stereocenters. The van der Waals surface area contributed by atoms with E-state index in [1.54, 1.807) is 38.3 Å². The maximum Gasteiger partial charge on any atom is 0.302 e. The van der Waals surface area contributed by atoms with Crippen LogP contribution in [0.25, 0.3) is 11.1 Å². The summed E-state index contributed by atoms with van der Waals surface area (Å²) in [7, 11) is 0. The molecule has 0 saturated carbocycles. The second kappa shape index (κ2) is 12.0. The molecule has 1 aliphatic heterocycles. The van der Waals surface area contributed by atoms with Crippen LogP contribution in [-0.4, -0.2) is 28.9 Å². The van der Waals surface area contributed by atoms with Gasteiger partial charge in [0.25, 0.3) is 5.91 Å². The van der Waals surface area contributed by atoms with Gasteiger partial charge in [-0.25, -0.2) is 4.99 Å². The van der Waals surface area contributed by atoms with Gasteiger partial charge in [0.15, 0.2) is 5.58 Å². The number of hydrogen-bond donors (Lipinski definition) is 3. The fraction of sp³-hybridized carbons (Fsp3) is 0.269. The van der Waals surface area contributed by atoms with Crippen LogP contribution in [0.4, 0.5) is 6.01 Å². The molecule has 0 radical (unpaired) electrons. The van der Waals surface area contributed by atoms with E-state index in [-0.39, 0.29) is 11.9 Å². The molecule has 9 nitrogen and oxygen atoms in total. The van der Waals surface area contributed by atoms with Gasteiger partial charge >= 0.3 is 6.01 Å². The predicted molar refractivity (Wildman–Crippen MR) is 149 cm³/mol. The highest BCUT2D eigenvalue weighted by Gasteiger charge is 2.31. The number of amides is 1. The second-order valence-electron chi connectivity index (χ2n) is 8.40. The van der Waals surface area contributed by atoms with Gasteiger partial charge in [0.2, 0.25) is 5.96 Å². The number of guanidine groups is 1. The predicted octanol–water partition coefficient (Wildman–Crippen LogP) is 6.23. The monoisotopic (exact) mass is 539 g/mol. The number of aliphatic imine (C=N–C) groups is 1. The van der Waals surface area contributed by atoms with Crippen LogP contribution in [0.2, 0.25) is 10.0 Å². The van der Waals surface area contributed by atoms with Gasteiger partial charge in [-0.1, -0.05) is 54.7 Å². The number of unbranched alkanes of at least 4 members (excludes halogenated alkanes) is 2. The van der Waals surface area contributed by atoms with Crippen LogP contribution in [0.3, 0.4) is 0 Å². The number of nitrogens with zero attached hydrogens (tertiary/aromatic N) is 4. The summed E-state index contributed by atoms with van der Waals surface area (Å²) in [5, 5.41) is 17.9. The summed E-state index contributed by atoms with van der Waals surface area (Å²) in [6.45, 7) is 5.56. The van der Waals surface area contributed by atoms with E-state index in [4.69, 9.17) is 32.6 Å². The Labute approximate surface area is 224 Å². The fourth-order valence-electron chi connectivity index (χ4n) is 3.75. The third-order valence-electron chi connectivity index (χ3n) is 5.53. The molecule has 2 heterocycles. The minimum atomic E-state index is -0.737. The Bertz CT molecular complexity index is 1390. The molecule has 37 heavy (non-hydrogen) atoms. The molecule has 1 aliphatic rings. The number of anilines is 1. The SMILES string of the molecule is CCCC/C=N\N=C(/C)NC(=O)C1=C(C)NC(Nc2nc3ccccc3o2)=NC1c1ccc(Cl)cc1Cl. The second-order valence-corrected chi connectivity index (χ2v) is 9.24. The number of amidine groups is 1. The molecule has 0 aliphatic carbocycles. The van der Waals surface area contributed by atoms with E-state index in [2.05, 4.69) is 38.1 Å². The lowest BCUT2D eigenvalue weighted by atomic mass is 9.95. The lowest BCUT2D eigenvalue weighted by molar-refractivity contribution is -0.116. The van der Waals surface area contributed by atoms with Gasteiger partial charge in [-0.3, -0.25) is 10.1 Å². The first-order valence-corrected chi connectivity index (χ1v) is 12.6. The molecule has 11 heteroatoms. The molecule has 4 rings (SSSR count). The number of halogens is 2. The van der Waals surface area contributed by atoms with Crippen LogP contribution < -0.4 is 16.0 Å². The minimum absolute atomic E-state index is 0.262. The highest BCUT2D eigenvalue weighted by atomic mass is 35.5. The zero-order valence-corrected chi connectivity index (χ0v) is 22.2. The average Bonchev–Trinajstić information content (AvgIpc) is 3.25. The lowest BCUT2D eigenvalue weighted by Crippen LogP contribution is -2.40. The molecule has 3 aromatic rings. The normalized spacial score (nSPS) is 16.2. The first kappa shape index (κ1) is 26.4. The summed E-state index contributed by atoms with van der Waals surface area (Å²) in [6, 6.07) is 12.0. The van der Waals surface area contributed by atoms with Crippen LogP contribution >= 0.6 is 23.2 Å². The fourth-order valence-corrected chi connectivity index (χ4v) is 4.26. The smallest absolute Gasteiger partial charge is 0.302 e. The third kappa shape index (κ3) is 6.55. The minimum Gasteiger partial charge on any atom is -0.423 e. The van der Waals surface area contributed by atoms with Gasteiger partial charge in [0, 0.05) is 27.5 Å². The Morgan fingerprint density at radius 1 is 1.24 bits per heavy atom. The van der Waals surface area contributed by atoms with Crippen molar-refractivity contribution < 1.29 is 9.21 Å². The summed E-state index contributed by atoms with van der Waals surface area (Å²) in [4.78, 5) is 22.5. The summed E-state index contributed by atoms with van der Waals surface area (Å²) in [5.41, 5.74) is 2.90. The van der Waals surface area contributed by atoms with Crippen molar-refractivity contribution in [3.8, 4) is 0 Å². The van der Waals surface area contributed by atoms with E-state index < -0.39 is 6.04 Å². The van der Waals surface area contributed by atoms with Gasteiger partial charge in [-0.05, 0) is 51.0 Å². The standard InChI is InChI=1S/C26H27Cl2N7O2/c1-4-5-8-13-29-35-16(3)31-24(36)22-15(2)30-25(33-23(22)18-12-11-17(27)14-19(18)28)34-26-32-20-9-6-7-10-21(20)37-26/h6-7,9-14,23H,4-5,8H2,1-3H3,(H,31,35,36)(H2,30,32,33,34)/b29-13-. The van der Waals surface area contributed by atoms with E-state index in [1.165, 1.54) is 0 Å². The van der Waals surface area contributed by atoms with Crippen LogP contribution in [0, 0.1) is 0 Å². The zero-order valence-electron chi connectivity index (χ0n) is 20.7. The topological polar surface area (TPSA) is 116 Å². The molecule has 192 valence electrons. The van der Waals surface area contributed by atoms with Gasteiger partial charge < -0.3 is 15.1 Å². The molecule has 1 amide bonds. The lowest BCUT2D eigenvalue weighted by Gasteiger charge is -2.27.